The molecule has 36 heteroatoms. The van der Waals surface area contributed by atoms with Crippen LogP contribution in [0.1, 0.15) is 0 Å². The van der Waals surface area contributed by atoms with E-state index in [1.165, 1.54) is 0 Å². The largest absolute Gasteiger partial charge is 0.394 e. The molecule has 25 atom stereocenters. The van der Waals surface area contributed by atoms with Gasteiger partial charge in [0.05, 0.1) is 46.2 Å². The van der Waals surface area contributed by atoms with Gasteiger partial charge in [0, 0.05) is 0 Å². The lowest BCUT2D eigenvalue weighted by Gasteiger charge is -2.43. The standard InChI is InChI=1S/C12H22O11.C11H20O10.C6H12O6.C5H10O5.2CO2/c13-1-4-6(16)8(18)9(19)11(21-4)23-12(3-15)10(20)7(17)5(2-14)22-12;12-1-5-7(16)9(18)11(3-13,20-5)21-10-8(17)6(15)4(14)2-19-10;7-1-3-4(9)5(10)6(11,2-8)12-3;6-2-1-10-5(9)4(8)3(2)7;2*2-1-3/h4-11,13-20H,1-3H2;4-10,12-18H,1-3H2;3-5,7-11H,1-2H2;2-9H,1H2;;/t4-,5-,6-,7-,8+,9-,10+,11-,12+;4-,5-,6+,7-,8-,9+,10-,11+;3-,4+,5+,6-;2-,3+,4-,5+;;/m1111../s1. The summed E-state index contributed by atoms with van der Waals surface area (Å²) in [6.45, 7) is -5.70. The molecule has 36 nitrogen and oxygen atoms in total. The second-order valence-electron chi connectivity index (χ2n) is 15.9. The molecule has 6 fully saturated rings. The van der Waals surface area contributed by atoms with Gasteiger partial charge in [0.1, 0.15) is 129 Å². The molecule has 6 aliphatic heterocycles. The molecule has 0 radical (unpaired) electrons. The second kappa shape index (κ2) is 30.9. The molecule has 6 rings (SSSR count). The predicted molar refractivity (Wildman–Crippen MR) is 207 cm³/mol. The molecule has 0 aromatic carbocycles. The molecule has 0 bridgehead atoms. The van der Waals surface area contributed by atoms with Gasteiger partial charge in [0.2, 0.25) is 17.4 Å². The van der Waals surface area contributed by atoms with Gasteiger partial charge < -0.3 is 160 Å². The highest BCUT2D eigenvalue weighted by atomic mass is 16.8. The van der Waals surface area contributed by atoms with Crippen LogP contribution >= 0.6 is 0 Å². The lowest BCUT2D eigenvalue weighted by Crippen LogP contribution is -2.62. The topological polar surface area (TPSA) is 628 Å². The van der Waals surface area contributed by atoms with Crippen LogP contribution in [0, 0.1) is 0 Å². The summed E-state index contributed by atoms with van der Waals surface area (Å²) in [6.07, 6.45) is -31.9. The zero-order valence-electron chi connectivity index (χ0n) is 37.2. The summed E-state index contributed by atoms with van der Waals surface area (Å²) >= 11 is 0. The van der Waals surface area contributed by atoms with Gasteiger partial charge in [-0.25, -0.2) is 0 Å². The van der Waals surface area contributed by atoms with Gasteiger partial charge in [-0.3, -0.25) is 0 Å². The average Bonchev–Trinajstić information content (AvgIpc) is 3.87. The molecule has 0 aromatic heterocycles. The van der Waals surface area contributed by atoms with E-state index in [0.29, 0.717) is 0 Å². The zero-order chi connectivity index (χ0) is 55.6. The Balaban J connectivity index is 0.000000483. The maximum Gasteiger partial charge on any atom is 0.373 e. The Labute approximate surface area is 403 Å². The lowest BCUT2D eigenvalue weighted by molar-refractivity contribution is -0.383. The van der Waals surface area contributed by atoms with Gasteiger partial charge in [0.15, 0.2) is 18.9 Å². The van der Waals surface area contributed by atoms with Gasteiger partial charge in [0.25, 0.3) is 0 Å². The van der Waals surface area contributed by atoms with E-state index in [-0.39, 0.29) is 25.5 Å². The predicted octanol–water partition coefficient (Wildman–Crippen LogP) is -17.1. The SMILES string of the molecule is O=C=O.O=C=O.OC[C@H]1O[C@@](CO)(O[C@H]2OC[C@@H](O)[C@H](O)[C@H]2O)[C@@H](O)[C@@H]1O.OC[C@H]1O[C@@](CO)(O[C@H]2O[C@H](CO)[C@@H](O)[C@H](O)[C@H]2O)[C@@H](O)[C@@H]1O.OC[C@H]1O[C@](O)(CO)[C@@H](O)[C@H]1O.O[C@@H]1[C@@H](O)[C@@H](O)OC[C@H]1O. The third-order valence-electron chi connectivity index (χ3n) is 11.1. The molecule has 0 aliphatic carbocycles. The summed E-state index contributed by atoms with van der Waals surface area (Å²) in [4.78, 5) is 32.5. The van der Waals surface area contributed by atoms with Gasteiger partial charge in [-0.1, -0.05) is 0 Å². The van der Waals surface area contributed by atoms with E-state index < -0.39 is 198 Å². The summed E-state index contributed by atoms with van der Waals surface area (Å²) in [5.41, 5.74) is 0. The number of aliphatic hydroxyl groups is 24. The Morgan fingerprint density at radius 2 is 0.764 bits per heavy atom. The molecule has 24 N–H and O–H groups in total. The number of rotatable bonds is 11. The van der Waals surface area contributed by atoms with Gasteiger partial charge in [-0.05, 0) is 0 Å². The van der Waals surface area contributed by atoms with Crippen LogP contribution < -0.4 is 0 Å². The maximum atomic E-state index is 10.00. The minimum Gasteiger partial charge on any atom is -0.394 e. The number of hydrogen-bond acceptors (Lipinski definition) is 36. The van der Waals surface area contributed by atoms with E-state index in [1.807, 2.05) is 0 Å². The fraction of sp³-hybridized carbons (Fsp3) is 0.944. The minimum atomic E-state index is -2.22. The van der Waals surface area contributed by atoms with E-state index in [4.69, 9.17) is 104 Å². The van der Waals surface area contributed by atoms with E-state index in [1.54, 1.807) is 0 Å². The molecule has 72 heavy (non-hydrogen) atoms. The van der Waals surface area contributed by atoms with Crippen LogP contribution in [0.2, 0.25) is 0 Å². The van der Waals surface area contributed by atoms with E-state index >= 15 is 0 Å². The second-order valence-corrected chi connectivity index (χ2v) is 15.9. The summed E-state index contributed by atoms with van der Waals surface area (Å²) in [6, 6.07) is 0. The van der Waals surface area contributed by atoms with Crippen LogP contribution in [0.5, 0.6) is 0 Å². The normalized spacial score (nSPS) is 46.4. The quantitative estimate of drug-likeness (QED) is 0.0913. The zero-order valence-corrected chi connectivity index (χ0v) is 37.2. The molecular formula is C36H64O36. The van der Waals surface area contributed by atoms with Crippen LogP contribution in [0.4, 0.5) is 0 Å². The van der Waals surface area contributed by atoms with Crippen molar-refractivity contribution in [2.75, 3.05) is 59.5 Å². The molecule has 0 spiro atoms. The van der Waals surface area contributed by atoms with Crippen LogP contribution in [-0.4, -0.2) is 347 Å². The van der Waals surface area contributed by atoms with Gasteiger partial charge in [-0.15, -0.1) is 0 Å². The Morgan fingerprint density at radius 1 is 0.403 bits per heavy atom. The van der Waals surface area contributed by atoms with Crippen LogP contribution in [0.3, 0.4) is 0 Å². The van der Waals surface area contributed by atoms with Crippen molar-refractivity contribution in [3.63, 3.8) is 0 Å². The molecule has 0 amide bonds. The smallest absolute Gasteiger partial charge is 0.373 e. The molecule has 0 unspecified atom stereocenters. The number of hydrogen-bond donors (Lipinski definition) is 24. The Hall–Kier alpha value is -2.52. The van der Waals surface area contributed by atoms with Crippen molar-refractivity contribution in [2.45, 2.75) is 152 Å². The fourth-order valence-corrected chi connectivity index (χ4v) is 6.92. The van der Waals surface area contributed by atoms with Crippen molar-refractivity contribution >= 4 is 12.3 Å². The van der Waals surface area contributed by atoms with Crippen LogP contribution in [0.15, 0.2) is 0 Å². The Morgan fingerprint density at radius 3 is 1.11 bits per heavy atom. The van der Waals surface area contributed by atoms with E-state index in [9.17, 15) is 66.4 Å². The number of aliphatic hydroxyl groups excluding tert-OH is 23. The van der Waals surface area contributed by atoms with Crippen molar-refractivity contribution < 1.29 is 180 Å². The highest BCUT2D eigenvalue weighted by Gasteiger charge is 2.60. The summed E-state index contributed by atoms with van der Waals surface area (Å²) in [7, 11) is 0. The van der Waals surface area contributed by atoms with Crippen molar-refractivity contribution in [3.05, 3.63) is 0 Å². The van der Waals surface area contributed by atoms with E-state index in [2.05, 4.69) is 9.47 Å². The monoisotopic (exact) mass is 1070 g/mol. The third kappa shape index (κ3) is 16.2. The van der Waals surface area contributed by atoms with Crippen molar-refractivity contribution in [2.24, 2.45) is 0 Å². The molecule has 0 aromatic rings. The first-order valence-corrected chi connectivity index (χ1v) is 20.8. The van der Waals surface area contributed by atoms with E-state index in [0.717, 1.165) is 0 Å². The fourth-order valence-electron chi connectivity index (χ4n) is 6.92. The highest BCUT2D eigenvalue weighted by molar-refractivity contribution is 5.20. The van der Waals surface area contributed by atoms with Gasteiger partial charge >= 0.3 is 12.3 Å². The first-order chi connectivity index (χ1) is 33.7. The molecule has 6 saturated heterocycles. The molecule has 0 saturated carbocycles. The molecule has 6 aliphatic rings. The maximum absolute atomic E-state index is 10.00. The summed E-state index contributed by atoms with van der Waals surface area (Å²) in [5.74, 6) is -6.51. The number of ether oxygens (including phenoxy) is 8. The van der Waals surface area contributed by atoms with Crippen molar-refractivity contribution in [3.8, 4) is 0 Å². The van der Waals surface area contributed by atoms with Crippen molar-refractivity contribution in [1.29, 1.82) is 0 Å². The minimum absolute atomic E-state index is 0.153. The first-order valence-electron chi connectivity index (χ1n) is 20.8. The Kier molecular flexibility index (Phi) is 29.0. The van der Waals surface area contributed by atoms with Gasteiger partial charge in [-0.2, -0.15) is 19.2 Å². The van der Waals surface area contributed by atoms with Crippen molar-refractivity contribution in [1.82, 2.24) is 0 Å². The summed E-state index contributed by atoms with van der Waals surface area (Å²) in [5, 5.41) is 223. The highest BCUT2D eigenvalue weighted by Crippen LogP contribution is 2.37. The molecule has 424 valence electrons. The Bertz CT molecular complexity index is 1570. The molecule has 6 heterocycles. The lowest BCUT2D eigenvalue weighted by atomic mass is 9.99. The molecular weight excluding hydrogens is 1010 g/mol. The number of carbonyl (C=O) groups excluding carboxylic acids is 4. The third-order valence-corrected chi connectivity index (χ3v) is 11.1. The van der Waals surface area contributed by atoms with Crippen LogP contribution in [0.25, 0.3) is 0 Å². The first kappa shape index (κ1) is 67.5. The average molecular weight is 1070 g/mol. The summed E-state index contributed by atoms with van der Waals surface area (Å²) < 4.78 is 39.9. The van der Waals surface area contributed by atoms with Crippen LogP contribution in [-0.2, 0) is 57.1 Å².